The highest BCUT2D eigenvalue weighted by atomic mass is 32.2. The number of carboxylic acids is 1. The number of nitrogens with zero attached hydrogens (tertiary/aromatic N) is 1. The Bertz CT molecular complexity index is 634. The third-order valence-corrected chi connectivity index (χ3v) is 5.32. The summed E-state index contributed by atoms with van der Waals surface area (Å²) >= 11 is 0. The molecule has 0 bridgehead atoms. The van der Waals surface area contributed by atoms with E-state index in [0.29, 0.717) is 24.6 Å². The second-order valence-corrected chi connectivity index (χ2v) is 7.16. The number of hydrogen-bond acceptors (Lipinski definition) is 3. The maximum atomic E-state index is 12.4. The Morgan fingerprint density at radius 2 is 1.95 bits per heavy atom. The molecule has 0 spiro atoms. The van der Waals surface area contributed by atoms with Crippen LogP contribution in [0, 0.1) is 12.8 Å². The highest BCUT2D eigenvalue weighted by molar-refractivity contribution is 7.90. The van der Waals surface area contributed by atoms with Gasteiger partial charge in [0.1, 0.15) is 0 Å². The summed E-state index contributed by atoms with van der Waals surface area (Å²) in [5.41, 5.74) is 0.691. The second-order valence-electron chi connectivity index (χ2n) is 5.49. The number of para-hydroxylation sites is 1. The Balaban J connectivity index is 2.27. The molecule has 6 nitrogen and oxygen atoms in total. The minimum Gasteiger partial charge on any atom is -0.478 e. The van der Waals surface area contributed by atoms with Crippen molar-refractivity contribution in [1.29, 1.82) is 0 Å². The van der Waals surface area contributed by atoms with Crippen LogP contribution in [0.15, 0.2) is 18.2 Å². The van der Waals surface area contributed by atoms with Crippen molar-refractivity contribution in [2.24, 2.45) is 5.92 Å². The average Bonchev–Trinajstić information content (AvgIpc) is 2.41. The SMILES string of the molecule is Cc1cccc(C(=O)O)c1NS(=O)(=O)N1CCC(C)CC1. The molecule has 1 fully saturated rings. The van der Waals surface area contributed by atoms with Crippen LogP contribution in [0.25, 0.3) is 0 Å². The van der Waals surface area contributed by atoms with Gasteiger partial charge in [-0.15, -0.1) is 0 Å². The van der Waals surface area contributed by atoms with E-state index in [1.54, 1.807) is 19.1 Å². The van der Waals surface area contributed by atoms with Crippen molar-refractivity contribution < 1.29 is 18.3 Å². The summed E-state index contributed by atoms with van der Waals surface area (Å²) in [5, 5.41) is 9.18. The third kappa shape index (κ3) is 3.54. The van der Waals surface area contributed by atoms with Crippen molar-refractivity contribution in [3.63, 3.8) is 0 Å². The van der Waals surface area contributed by atoms with Crippen LogP contribution in [-0.4, -0.2) is 36.9 Å². The van der Waals surface area contributed by atoms with Crippen LogP contribution in [-0.2, 0) is 10.2 Å². The maximum absolute atomic E-state index is 12.4. The molecule has 1 aromatic carbocycles. The fourth-order valence-corrected chi connectivity index (χ4v) is 3.75. The molecule has 1 saturated heterocycles. The molecule has 0 amide bonds. The number of aryl methyl sites for hydroxylation is 1. The molecule has 1 aliphatic heterocycles. The summed E-state index contributed by atoms with van der Waals surface area (Å²) in [5.74, 6) is -0.631. The lowest BCUT2D eigenvalue weighted by molar-refractivity contribution is 0.0698. The van der Waals surface area contributed by atoms with Crippen molar-refractivity contribution in [1.82, 2.24) is 4.31 Å². The molecular weight excluding hydrogens is 292 g/mol. The number of piperidine rings is 1. The zero-order chi connectivity index (χ0) is 15.6. The van der Waals surface area contributed by atoms with Gasteiger partial charge in [-0.3, -0.25) is 4.72 Å². The van der Waals surface area contributed by atoms with E-state index >= 15 is 0 Å². The first kappa shape index (κ1) is 15.8. The Morgan fingerprint density at radius 1 is 1.33 bits per heavy atom. The largest absolute Gasteiger partial charge is 0.478 e. The topological polar surface area (TPSA) is 86.7 Å². The fraction of sp³-hybridized carbons (Fsp3) is 0.500. The summed E-state index contributed by atoms with van der Waals surface area (Å²) in [4.78, 5) is 11.2. The molecule has 2 N–H and O–H groups in total. The van der Waals surface area contributed by atoms with Gasteiger partial charge in [0.2, 0.25) is 0 Å². The predicted molar refractivity (Wildman–Crippen MR) is 80.7 cm³/mol. The number of carboxylic acid groups (broad SMARTS) is 1. The molecule has 116 valence electrons. The van der Waals surface area contributed by atoms with Crippen molar-refractivity contribution in [3.8, 4) is 0 Å². The molecular formula is C14H20N2O4S. The number of carbonyl (C=O) groups is 1. The molecule has 1 aliphatic rings. The van der Waals surface area contributed by atoms with Crippen molar-refractivity contribution in [2.75, 3.05) is 17.8 Å². The van der Waals surface area contributed by atoms with E-state index in [9.17, 15) is 18.3 Å². The lowest BCUT2D eigenvalue weighted by Gasteiger charge is -2.30. The van der Waals surface area contributed by atoms with Gasteiger partial charge in [-0.25, -0.2) is 4.79 Å². The Hall–Kier alpha value is -1.60. The molecule has 1 aromatic rings. The molecule has 0 saturated carbocycles. The first-order valence-electron chi connectivity index (χ1n) is 6.92. The number of rotatable bonds is 4. The summed E-state index contributed by atoms with van der Waals surface area (Å²) in [6.07, 6.45) is 1.64. The minimum atomic E-state index is -3.72. The average molecular weight is 312 g/mol. The van der Waals surface area contributed by atoms with E-state index < -0.39 is 16.2 Å². The first-order valence-corrected chi connectivity index (χ1v) is 8.36. The van der Waals surface area contributed by atoms with Gasteiger partial charge >= 0.3 is 16.2 Å². The van der Waals surface area contributed by atoms with E-state index in [2.05, 4.69) is 11.6 Å². The van der Waals surface area contributed by atoms with Gasteiger partial charge in [-0.05, 0) is 37.3 Å². The van der Waals surface area contributed by atoms with Crippen LogP contribution < -0.4 is 4.72 Å². The van der Waals surface area contributed by atoms with Crippen LogP contribution >= 0.6 is 0 Å². The van der Waals surface area contributed by atoms with E-state index in [0.717, 1.165) is 12.8 Å². The van der Waals surface area contributed by atoms with Crippen LogP contribution in [0.1, 0.15) is 35.7 Å². The summed E-state index contributed by atoms with van der Waals surface area (Å²) in [7, 11) is -3.72. The second kappa shape index (κ2) is 6.03. The third-order valence-electron chi connectivity index (χ3n) is 3.82. The van der Waals surface area contributed by atoms with E-state index in [-0.39, 0.29) is 11.3 Å². The molecule has 0 unspecified atom stereocenters. The highest BCUT2D eigenvalue weighted by Gasteiger charge is 2.28. The molecule has 2 rings (SSSR count). The first-order chi connectivity index (χ1) is 9.81. The number of aromatic carboxylic acids is 1. The van der Waals surface area contributed by atoms with Crippen LogP contribution in [0.5, 0.6) is 0 Å². The number of anilines is 1. The Morgan fingerprint density at radius 3 is 2.52 bits per heavy atom. The van der Waals surface area contributed by atoms with Gasteiger partial charge in [-0.1, -0.05) is 19.1 Å². The standard InChI is InChI=1S/C14H20N2O4S/c1-10-6-8-16(9-7-10)21(19,20)15-13-11(2)4-3-5-12(13)14(17)18/h3-5,10,15H,6-9H2,1-2H3,(H,17,18). The van der Waals surface area contributed by atoms with Crippen molar-refractivity contribution in [2.45, 2.75) is 26.7 Å². The molecule has 0 atom stereocenters. The highest BCUT2D eigenvalue weighted by Crippen LogP contribution is 2.25. The van der Waals surface area contributed by atoms with Gasteiger partial charge in [0.25, 0.3) is 0 Å². The number of hydrogen-bond donors (Lipinski definition) is 2. The van der Waals surface area contributed by atoms with Crippen molar-refractivity contribution >= 4 is 21.9 Å². The van der Waals surface area contributed by atoms with Gasteiger partial charge in [0, 0.05) is 13.1 Å². The van der Waals surface area contributed by atoms with Crippen LogP contribution in [0.3, 0.4) is 0 Å². The normalized spacial score (nSPS) is 17.6. The Labute approximate surface area is 125 Å². The van der Waals surface area contributed by atoms with E-state index in [1.807, 2.05) is 0 Å². The molecule has 0 aliphatic carbocycles. The number of benzene rings is 1. The fourth-order valence-electron chi connectivity index (χ4n) is 2.40. The lowest BCUT2D eigenvalue weighted by Crippen LogP contribution is -2.41. The van der Waals surface area contributed by atoms with Crippen molar-refractivity contribution in [3.05, 3.63) is 29.3 Å². The maximum Gasteiger partial charge on any atom is 0.337 e. The molecule has 1 heterocycles. The molecule has 7 heteroatoms. The smallest absolute Gasteiger partial charge is 0.337 e. The predicted octanol–water partition coefficient (Wildman–Crippen LogP) is 2.08. The van der Waals surface area contributed by atoms with E-state index in [1.165, 1.54) is 10.4 Å². The Kier molecular flexibility index (Phi) is 4.53. The summed E-state index contributed by atoms with van der Waals surface area (Å²) in [6, 6.07) is 4.67. The van der Waals surface area contributed by atoms with Crippen LogP contribution in [0.2, 0.25) is 0 Å². The number of nitrogens with one attached hydrogen (secondary N) is 1. The van der Waals surface area contributed by atoms with Crippen LogP contribution in [0.4, 0.5) is 5.69 Å². The minimum absolute atomic E-state index is 0.0380. The van der Waals surface area contributed by atoms with Gasteiger partial charge in [0.15, 0.2) is 0 Å². The molecule has 0 aromatic heterocycles. The van der Waals surface area contributed by atoms with Gasteiger partial charge < -0.3 is 5.11 Å². The van der Waals surface area contributed by atoms with Gasteiger partial charge in [0.05, 0.1) is 11.3 Å². The van der Waals surface area contributed by atoms with Gasteiger partial charge in [-0.2, -0.15) is 12.7 Å². The summed E-state index contributed by atoms with van der Waals surface area (Å²) < 4.78 is 28.6. The zero-order valence-electron chi connectivity index (χ0n) is 12.2. The zero-order valence-corrected chi connectivity index (χ0v) is 13.0. The molecule has 21 heavy (non-hydrogen) atoms. The lowest BCUT2D eigenvalue weighted by atomic mass is 10.0. The monoisotopic (exact) mass is 312 g/mol. The molecule has 0 radical (unpaired) electrons. The van der Waals surface area contributed by atoms with E-state index in [4.69, 9.17) is 0 Å². The quantitative estimate of drug-likeness (QED) is 0.891. The summed E-state index contributed by atoms with van der Waals surface area (Å²) in [6.45, 7) is 4.71.